The lowest BCUT2D eigenvalue weighted by atomic mass is 10.2. The number of terminal acetylenes is 1. The zero-order chi connectivity index (χ0) is 14.8. The molecule has 0 amide bonds. The van der Waals surface area contributed by atoms with E-state index in [1.165, 1.54) is 0 Å². The zero-order valence-corrected chi connectivity index (χ0v) is 11.3. The number of ether oxygens (including phenoxy) is 2. The van der Waals surface area contributed by atoms with E-state index >= 15 is 0 Å². The molecule has 0 saturated heterocycles. The fourth-order valence-electron chi connectivity index (χ4n) is 1.49. The van der Waals surface area contributed by atoms with Gasteiger partial charge in [-0.15, -0.1) is 6.42 Å². The molecule has 1 aromatic rings. The first-order valence-corrected chi connectivity index (χ1v) is 6.27. The molecule has 0 heterocycles. The fourth-order valence-corrected chi connectivity index (χ4v) is 1.49. The summed E-state index contributed by atoms with van der Waals surface area (Å²) in [5.41, 5.74) is 1.13. The third-order valence-corrected chi connectivity index (χ3v) is 2.35. The topological polar surface area (TPSA) is 64.6 Å². The number of nitrogens with one attached hydrogen (secondary N) is 1. The molecule has 106 valence electrons. The van der Waals surface area contributed by atoms with Gasteiger partial charge in [-0.05, 0) is 25.1 Å². The maximum Gasteiger partial charge on any atom is 0.339 e. The molecule has 1 N–H and O–H groups in total. The summed E-state index contributed by atoms with van der Waals surface area (Å²) in [6, 6.07) is 6.79. The van der Waals surface area contributed by atoms with Crippen LogP contribution in [0.1, 0.15) is 23.7 Å². The van der Waals surface area contributed by atoms with Crippen LogP contribution in [-0.2, 0) is 14.3 Å². The summed E-state index contributed by atoms with van der Waals surface area (Å²) in [6.45, 7) is 2.51. The number of anilines is 1. The molecule has 20 heavy (non-hydrogen) atoms. The molecular formula is C15H17NO4. The van der Waals surface area contributed by atoms with Crippen molar-refractivity contribution in [3.8, 4) is 12.3 Å². The molecular weight excluding hydrogens is 258 g/mol. The van der Waals surface area contributed by atoms with Crippen molar-refractivity contribution in [2.24, 2.45) is 0 Å². The smallest absolute Gasteiger partial charge is 0.339 e. The monoisotopic (exact) mass is 275 g/mol. The summed E-state index contributed by atoms with van der Waals surface area (Å²) in [4.78, 5) is 22.8. The van der Waals surface area contributed by atoms with Gasteiger partial charge in [-0.3, -0.25) is 4.79 Å². The van der Waals surface area contributed by atoms with E-state index in [1.807, 2.05) is 0 Å². The maximum absolute atomic E-state index is 11.6. The Bertz CT molecular complexity index is 505. The second-order valence-corrected chi connectivity index (χ2v) is 3.84. The van der Waals surface area contributed by atoms with Gasteiger partial charge in [0.05, 0.1) is 18.6 Å². The molecule has 5 nitrogen and oxygen atoms in total. The highest BCUT2D eigenvalue weighted by atomic mass is 16.5. The summed E-state index contributed by atoms with van der Waals surface area (Å²) in [5, 5.41) is 3.04. The van der Waals surface area contributed by atoms with Crippen LogP contribution in [0.4, 0.5) is 5.69 Å². The molecule has 0 aliphatic heterocycles. The van der Waals surface area contributed by atoms with E-state index in [0.29, 0.717) is 18.7 Å². The Morgan fingerprint density at radius 3 is 2.85 bits per heavy atom. The third kappa shape index (κ3) is 5.44. The molecule has 0 unspecified atom stereocenters. The summed E-state index contributed by atoms with van der Waals surface area (Å²) in [5.74, 6) is 1.50. The quantitative estimate of drug-likeness (QED) is 0.607. The van der Waals surface area contributed by atoms with E-state index in [9.17, 15) is 9.59 Å². The molecule has 0 radical (unpaired) electrons. The van der Waals surface area contributed by atoms with Gasteiger partial charge in [0.15, 0.2) is 6.61 Å². The zero-order valence-electron chi connectivity index (χ0n) is 11.3. The number of carbonyl (C=O) groups excluding carboxylic acids is 2. The molecule has 0 atom stereocenters. The van der Waals surface area contributed by atoms with Gasteiger partial charge >= 0.3 is 11.9 Å². The molecule has 0 aromatic heterocycles. The summed E-state index contributed by atoms with van der Waals surface area (Å²) < 4.78 is 9.64. The highest BCUT2D eigenvalue weighted by molar-refractivity contribution is 5.90. The molecule has 1 rings (SSSR count). The first-order valence-electron chi connectivity index (χ1n) is 6.27. The Hall–Kier alpha value is -2.48. The van der Waals surface area contributed by atoms with E-state index in [4.69, 9.17) is 15.9 Å². The molecule has 0 spiro atoms. The fraction of sp³-hybridized carbons (Fsp3) is 0.333. The van der Waals surface area contributed by atoms with Gasteiger partial charge in [0.2, 0.25) is 0 Å². The van der Waals surface area contributed by atoms with Gasteiger partial charge in [0.1, 0.15) is 0 Å². The minimum Gasteiger partial charge on any atom is -0.466 e. The predicted molar refractivity (Wildman–Crippen MR) is 75.3 cm³/mol. The van der Waals surface area contributed by atoms with Crippen LogP contribution in [0.5, 0.6) is 0 Å². The molecule has 5 heteroatoms. The average molecular weight is 275 g/mol. The number of esters is 2. The average Bonchev–Trinajstić information content (AvgIpc) is 2.45. The lowest BCUT2D eigenvalue weighted by Crippen LogP contribution is -2.12. The largest absolute Gasteiger partial charge is 0.466 e. The second kappa shape index (κ2) is 8.59. The van der Waals surface area contributed by atoms with Gasteiger partial charge in [-0.2, -0.15) is 0 Å². The minimum atomic E-state index is -0.475. The van der Waals surface area contributed by atoms with E-state index in [-0.39, 0.29) is 19.0 Å². The van der Waals surface area contributed by atoms with Gasteiger partial charge in [0, 0.05) is 12.2 Å². The molecule has 0 aliphatic carbocycles. The Morgan fingerprint density at radius 2 is 2.15 bits per heavy atom. The molecule has 0 fully saturated rings. The number of hydrogen-bond acceptors (Lipinski definition) is 5. The Morgan fingerprint density at radius 1 is 1.35 bits per heavy atom. The van der Waals surface area contributed by atoms with Crippen molar-refractivity contribution in [3.63, 3.8) is 0 Å². The molecule has 0 saturated carbocycles. The van der Waals surface area contributed by atoms with Crippen LogP contribution in [0.2, 0.25) is 0 Å². The van der Waals surface area contributed by atoms with Crippen molar-refractivity contribution in [1.29, 1.82) is 0 Å². The van der Waals surface area contributed by atoms with Crippen molar-refractivity contribution in [1.82, 2.24) is 0 Å². The second-order valence-electron chi connectivity index (χ2n) is 3.84. The standard InChI is InChI=1S/C15H17NO4/c1-3-10-20-15(18)12-6-5-7-13(11-12)16-9-8-14(17)19-4-2/h1,5-7,11,16H,4,8-10H2,2H3. The highest BCUT2D eigenvalue weighted by Gasteiger charge is 2.07. The summed E-state index contributed by atoms with van der Waals surface area (Å²) >= 11 is 0. The Balaban J connectivity index is 2.49. The molecule has 0 aliphatic rings. The van der Waals surface area contributed by atoms with E-state index in [1.54, 1.807) is 31.2 Å². The molecule has 0 bridgehead atoms. The van der Waals surface area contributed by atoms with Crippen molar-refractivity contribution >= 4 is 17.6 Å². The first kappa shape index (κ1) is 15.6. The third-order valence-electron chi connectivity index (χ3n) is 2.35. The van der Waals surface area contributed by atoms with Crippen LogP contribution in [0.25, 0.3) is 0 Å². The SMILES string of the molecule is C#CCOC(=O)c1cccc(NCCC(=O)OCC)c1. The highest BCUT2D eigenvalue weighted by Crippen LogP contribution is 2.11. The molecule has 1 aromatic carbocycles. The minimum absolute atomic E-state index is 0.0562. The maximum atomic E-state index is 11.6. The Labute approximate surface area is 118 Å². The lowest BCUT2D eigenvalue weighted by Gasteiger charge is -2.07. The van der Waals surface area contributed by atoms with Crippen molar-refractivity contribution < 1.29 is 19.1 Å². The van der Waals surface area contributed by atoms with Gasteiger partial charge < -0.3 is 14.8 Å². The van der Waals surface area contributed by atoms with Crippen molar-refractivity contribution in [3.05, 3.63) is 29.8 Å². The van der Waals surface area contributed by atoms with E-state index in [0.717, 1.165) is 5.69 Å². The van der Waals surface area contributed by atoms with E-state index < -0.39 is 5.97 Å². The van der Waals surface area contributed by atoms with Gasteiger partial charge in [-0.1, -0.05) is 12.0 Å². The van der Waals surface area contributed by atoms with Gasteiger partial charge in [0.25, 0.3) is 0 Å². The number of hydrogen-bond donors (Lipinski definition) is 1. The van der Waals surface area contributed by atoms with Crippen molar-refractivity contribution in [2.45, 2.75) is 13.3 Å². The van der Waals surface area contributed by atoms with Crippen LogP contribution in [0.15, 0.2) is 24.3 Å². The van der Waals surface area contributed by atoms with Gasteiger partial charge in [-0.25, -0.2) is 4.79 Å². The van der Waals surface area contributed by atoms with Crippen LogP contribution in [0.3, 0.4) is 0 Å². The van der Waals surface area contributed by atoms with Crippen LogP contribution in [-0.4, -0.2) is 31.7 Å². The van der Waals surface area contributed by atoms with Crippen LogP contribution in [0, 0.1) is 12.3 Å². The van der Waals surface area contributed by atoms with Crippen molar-refractivity contribution in [2.75, 3.05) is 25.1 Å². The number of benzene rings is 1. The normalized spacial score (nSPS) is 9.40. The predicted octanol–water partition coefficient (Wildman–Crippen LogP) is 1.84. The van der Waals surface area contributed by atoms with E-state index in [2.05, 4.69) is 11.2 Å². The summed E-state index contributed by atoms with van der Waals surface area (Å²) in [7, 11) is 0. The lowest BCUT2D eigenvalue weighted by molar-refractivity contribution is -0.142. The summed E-state index contributed by atoms with van der Waals surface area (Å²) in [6.07, 6.45) is 5.28. The van der Waals surface area contributed by atoms with Crippen LogP contribution >= 0.6 is 0 Å². The number of rotatable bonds is 7. The van der Waals surface area contributed by atoms with Crippen LogP contribution < -0.4 is 5.32 Å². The first-order chi connectivity index (χ1) is 9.67. The Kier molecular flexibility index (Phi) is 6.69. The number of carbonyl (C=O) groups is 2.